The number of aromatic amines is 1. The Kier molecular flexibility index (Phi) is 5.79. The number of rotatable bonds is 5. The highest BCUT2D eigenvalue weighted by molar-refractivity contribution is 8.00. The smallest absolute Gasteiger partial charge is 0.247 e. The Morgan fingerprint density at radius 1 is 1.32 bits per heavy atom. The van der Waals surface area contributed by atoms with E-state index in [1.54, 1.807) is 22.9 Å². The van der Waals surface area contributed by atoms with Gasteiger partial charge in [0.05, 0.1) is 11.4 Å². The van der Waals surface area contributed by atoms with Crippen molar-refractivity contribution in [2.24, 2.45) is 0 Å². The monoisotopic (exact) mass is 400 g/mol. The summed E-state index contributed by atoms with van der Waals surface area (Å²) in [6, 6.07) is 7.32. The quantitative estimate of drug-likeness (QED) is 0.716. The van der Waals surface area contributed by atoms with Crippen molar-refractivity contribution in [2.75, 3.05) is 12.3 Å². The summed E-state index contributed by atoms with van der Waals surface area (Å²) in [5.41, 5.74) is 1.99. The lowest BCUT2D eigenvalue weighted by Crippen LogP contribution is -2.54. The summed E-state index contributed by atoms with van der Waals surface area (Å²) in [4.78, 5) is 40.6. The second kappa shape index (κ2) is 8.10. The van der Waals surface area contributed by atoms with Crippen molar-refractivity contribution >= 4 is 46.5 Å². The van der Waals surface area contributed by atoms with Gasteiger partial charge in [-0.3, -0.25) is 14.4 Å². The topological polar surface area (TPSA) is 94.3 Å². The number of carbonyl (C=O) groups is 3. The summed E-state index contributed by atoms with van der Waals surface area (Å²) in [5, 5.41) is 6.36. The number of thioether (sulfide) groups is 1. The molecule has 0 aliphatic carbocycles. The van der Waals surface area contributed by atoms with E-state index in [-0.39, 0.29) is 24.3 Å². The van der Waals surface area contributed by atoms with Gasteiger partial charge in [-0.25, -0.2) is 0 Å². The van der Waals surface area contributed by atoms with Gasteiger partial charge in [-0.05, 0) is 26.0 Å². The minimum Gasteiger partial charge on any atom is -0.361 e. The first-order valence-corrected chi connectivity index (χ1v) is 10.0. The summed E-state index contributed by atoms with van der Waals surface area (Å²) < 4.78 is 0. The highest BCUT2D eigenvalue weighted by Gasteiger charge is 2.46. The largest absolute Gasteiger partial charge is 0.361 e. The van der Waals surface area contributed by atoms with Gasteiger partial charge in [-0.15, -0.1) is 11.8 Å². The van der Waals surface area contributed by atoms with Gasteiger partial charge < -0.3 is 20.5 Å². The molecule has 1 atom stereocenters. The molecule has 8 heteroatoms. The second-order valence-electron chi connectivity index (χ2n) is 7.08. The van der Waals surface area contributed by atoms with E-state index in [9.17, 15) is 14.4 Å². The van der Waals surface area contributed by atoms with Crippen LogP contribution >= 0.6 is 11.8 Å². The van der Waals surface area contributed by atoms with E-state index in [1.807, 2.05) is 50.4 Å². The average Bonchev–Trinajstić information content (AvgIpc) is 3.20. The van der Waals surface area contributed by atoms with E-state index in [1.165, 1.54) is 6.92 Å². The summed E-state index contributed by atoms with van der Waals surface area (Å²) in [5.74, 6) is -0.289. The lowest BCUT2D eigenvalue weighted by Gasteiger charge is -2.34. The Bertz CT molecular complexity index is 934. The van der Waals surface area contributed by atoms with Crippen LogP contribution in [0.15, 0.2) is 36.7 Å². The lowest BCUT2D eigenvalue weighted by atomic mass is 10.1. The minimum absolute atomic E-state index is 0.117. The molecule has 1 fully saturated rings. The van der Waals surface area contributed by atoms with Gasteiger partial charge in [0.2, 0.25) is 17.7 Å². The molecule has 1 unspecified atom stereocenters. The van der Waals surface area contributed by atoms with Crippen molar-refractivity contribution in [3.63, 3.8) is 0 Å². The zero-order chi connectivity index (χ0) is 20.3. The van der Waals surface area contributed by atoms with Crippen LogP contribution in [-0.4, -0.2) is 50.8 Å². The first kappa shape index (κ1) is 20.0. The number of benzene rings is 1. The Morgan fingerprint density at radius 3 is 2.82 bits per heavy atom. The maximum absolute atomic E-state index is 12.7. The fourth-order valence-electron chi connectivity index (χ4n) is 3.30. The molecule has 7 nitrogen and oxygen atoms in total. The Hall–Kier alpha value is -2.74. The van der Waals surface area contributed by atoms with Crippen LogP contribution in [0.3, 0.4) is 0 Å². The molecule has 0 saturated carbocycles. The van der Waals surface area contributed by atoms with Crippen molar-refractivity contribution in [2.45, 2.75) is 31.7 Å². The molecule has 2 heterocycles. The number of H-pyrrole nitrogens is 1. The second-order valence-corrected chi connectivity index (χ2v) is 8.70. The molecule has 3 rings (SSSR count). The number of hydrogen-bond donors (Lipinski definition) is 3. The lowest BCUT2D eigenvalue weighted by molar-refractivity contribution is -0.141. The Labute approximate surface area is 167 Å². The predicted molar refractivity (Wildman–Crippen MR) is 111 cm³/mol. The summed E-state index contributed by atoms with van der Waals surface area (Å²) in [7, 11) is 0. The van der Waals surface area contributed by atoms with E-state index >= 15 is 0 Å². The number of nitrogens with one attached hydrogen (secondary N) is 3. The van der Waals surface area contributed by atoms with Crippen LogP contribution in [0, 0.1) is 0 Å². The SMILES string of the molecule is CC(=O)NCC(=O)N1C(C(=O)NC=Cc2c[nH]c3ccccc23)CSC1(C)C. The molecule has 3 amide bonds. The molecule has 1 aromatic carbocycles. The van der Waals surface area contributed by atoms with Crippen LogP contribution in [-0.2, 0) is 14.4 Å². The fourth-order valence-corrected chi connectivity index (χ4v) is 4.53. The van der Waals surface area contributed by atoms with E-state index in [2.05, 4.69) is 15.6 Å². The van der Waals surface area contributed by atoms with Gasteiger partial charge >= 0.3 is 0 Å². The zero-order valence-electron chi connectivity index (χ0n) is 16.1. The van der Waals surface area contributed by atoms with E-state index in [0.29, 0.717) is 5.75 Å². The van der Waals surface area contributed by atoms with Crippen molar-refractivity contribution in [3.8, 4) is 0 Å². The summed E-state index contributed by atoms with van der Waals surface area (Å²) in [6.07, 6.45) is 5.31. The van der Waals surface area contributed by atoms with Crippen LogP contribution in [0.4, 0.5) is 0 Å². The highest BCUT2D eigenvalue weighted by Crippen LogP contribution is 2.38. The molecule has 28 heavy (non-hydrogen) atoms. The zero-order valence-corrected chi connectivity index (χ0v) is 16.9. The van der Waals surface area contributed by atoms with Crippen LogP contribution < -0.4 is 10.6 Å². The third-order valence-corrected chi connectivity index (χ3v) is 6.04. The third-order valence-electron chi connectivity index (χ3n) is 4.66. The van der Waals surface area contributed by atoms with E-state index < -0.39 is 10.9 Å². The van der Waals surface area contributed by atoms with Gasteiger partial charge in [-0.2, -0.15) is 0 Å². The maximum atomic E-state index is 12.7. The average molecular weight is 401 g/mol. The summed E-state index contributed by atoms with van der Waals surface area (Å²) in [6.45, 7) is 5.04. The van der Waals surface area contributed by atoms with Crippen molar-refractivity contribution in [1.82, 2.24) is 20.5 Å². The van der Waals surface area contributed by atoms with Crippen molar-refractivity contribution in [1.29, 1.82) is 0 Å². The normalized spacial score (nSPS) is 18.5. The van der Waals surface area contributed by atoms with Crippen LogP contribution in [0.25, 0.3) is 17.0 Å². The van der Waals surface area contributed by atoms with Gasteiger partial charge in [0.1, 0.15) is 6.04 Å². The number of aromatic nitrogens is 1. The highest BCUT2D eigenvalue weighted by atomic mass is 32.2. The van der Waals surface area contributed by atoms with Gasteiger partial charge in [0.25, 0.3) is 0 Å². The molecule has 1 aliphatic rings. The number of fused-ring (bicyclic) bond motifs is 1. The molecule has 0 bridgehead atoms. The molecular formula is C20H24N4O3S. The van der Waals surface area contributed by atoms with Crippen molar-refractivity contribution < 1.29 is 14.4 Å². The van der Waals surface area contributed by atoms with Crippen LogP contribution in [0.2, 0.25) is 0 Å². The molecule has 2 aromatic rings. The molecule has 3 N–H and O–H groups in total. The third kappa shape index (κ3) is 4.22. The van der Waals surface area contributed by atoms with Gasteiger partial charge in [0.15, 0.2) is 0 Å². The number of carbonyl (C=O) groups excluding carboxylic acids is 3. The number of nitrogens with zero attached hydrogens (tertiary/aromatic N) is 1. The molecule has 1 aromatic heterocycles. The van der Waals surface area contributed by atoms with Gasteiger partial charge in [-0.1, -0.05) is 18.2 Å². The first-order chi connectivity index (χ1) is 13.3. The minimum atomic E-state index is -0.589. The van der Waals surface area contributed by atoms with Crippen LogP contribution in [0.1, 0.15) is 26.3 Å². The Balaban J connectivity index is 1.68. The Morgan fingerprint density at radius 2 is 2.07 bits per heavy atom. The number of hydrogen-bond acceptors (Lipinski definition) is 4. The molecular weight excluding hydrogens is 376 g/mol. The standard InChI is InChI=1S/C20H24N4O3S/c1-13(25)22-11-18(26)24-17(12-28-20(24,2)3)19(27)21-9-8-14-10-23-16-7-5-4-6-15(14)16/h4-10,17,23H,11-12H2,1-3H3,(H,21,27)(H,22,25). The molecule has 0 radical (unpaired) electrons. The summed E-state index contributed by atoms with van der Waals surface area (Å²) >= 11 is 1.54. The first-order valence-electron chi connectivity index (χ1n) is 9.03. The van der Waals surface area contributed by atoms with Crippen LogP contribution in [0.5, 0.6) is 0 Å². The molecule has 1 aliphatic heterocycles. The fraction of sp³-hybridized carbons (Fsp3) is 0.350. The molecule has 0 spiro atoms. The number of amides is 3. The molecule has 1 saturated heterocycles. The number of para-hydroxylation sites is 1. The van der Waals surface area contributed by atoms with Gasteiger partial charge in [0, 0.05) is 41.5 Å². The van der Waals surface area contributed by atoms with E-state index in [0.717, 1.165) is 16.5 Å². The predicted octanol–water partition coefficient (Wildman–Crippen LogP) is 2.07. The van der Waals surface area contributed by atoms with E-state index in [4.69, 9.17) is 0 Å². The maximum Gasteiger partial charge on any atom is 0.247 e. The van der Waals surface area contributed by atoms with Crippen molar-refractivity contribution in [3.05, 3.63) is 42.2 Å². The molecule has 148 valence electrons.